The Morgan fingerprint density at radius 3 is 2.52 bits per heavy atom. The Morgan fingerprint density at radius 2 is 1.82 bits per heavy atom. The monoisotopic (exact) mass is 454 g/mol. The summed E-state index contributed by atoms with van der Waals surface area (Å²) in [6.45, 7) is 4.69. The molecule has 1 aromatic heterocycles. The molecule has 0 aliphatic carbocycles. The second-order valence-electron chi connectivity index (χ2n) is 7.70. The molecule has 9 heteroatoms. The van der Waals surface area contributed by atoms with Gasteiger partial charge in [0.2, 0.25) is 0 Å². The lowest BCUT2D eigenvalue weighted by molar-refractivity contribution is 0.0939. The number of carbonyl (C=O) groups is 1. The largest absolute Gasteiger partial charge is 0.497 e. The molecule has 0 spiro atoms. The number of carbonyl (C=O) groups excluding carboxylic acids is 1. The standard InChI is InChI=1S/C24H27FN4O4/c1-31-19-7-8-22(32-2)20(15-19)23-16-21(27-33-23)24(30)26-9-10-28-11-13-29(14-12-28)18-5-3-17(25)4-6-18/h3-8,15-16H,9-14H2,1-2H3,(H,26,30). The minimum absolute atomic E-state index is 0.205. The van der Waals surface area contributed by atoms with Crippen molar-refractivity contribution in [1.82, 2.24) is 15.4 Å². The third-order valence-electron chi connectivity index (χ3n) is 5.69. The Balaban J connectivity index is 1.27. The average molecular weight is 455 g/mol. The Kier molecular flexibility index (Phi) is 7.09. The molecule has 1 amide bonds. The fourth-order valence-corrected chi connectivity index (χ4v) is 3.82. The molecule has 0 saturated carbocycles. The molecular weight excluding hydrogens is 427 g/mol. The van der Waals surface area contributed by atoms with Gasteiger partial charge in [-0.3, -0.25) is 9.69 Å². The highest BCUT2D eigenvalue weighted by atomic mass is 19.1. The highest BCUT2D eigenvalue weighted by Gasteiger charge is 2.19. The first-order valence-corrected chi connectivity index (χ1v) is 10.8. The second-order valence-corrected chi connectivity index (χ2v) is 7.70. The number of rotatable bonds is 8. The van der Waals surface area contributed by atoms with E-state index in [4.69, 9.17) is 14.0 Å². The minimum atomic E-state index is -0.295. The quantitative estimate of drug-likeness (QED) is 0.560. The fourth-order valence-electron chi connectivity index (χ4n) is 3.82. The summed E-state index contributed by atoms with van der Waals surface area (Å²) in [5, 5.41) is 6.81. The second kappa shape index (κ2) is 10.4. The van der Waals surface area contributed by atoms with E-state index >= 15 is 0 Å². The lowest BCUT2D eigenvalue weighted by Crippen LogP contribution is -2.48. The van der Waals surface area contributed by atoms with Gasteiger partial charge in [-0.25, -0.2) is 4.39 Å². The van der Waals surface area contributed by atoms with Crippen LogP contribution in [0, 0.1) is 5.82 Å². The molecule has 0 atom stereocenters. The summed E-state index contributed by atoms with van der Waals surface area (Å²) < 4.78 is 29.1. The third kappa shape index (κ3) is 5.43. The van der Waals surface area contributed by atoms with Gasteiger partial charge in [0, 0.05) is 51.0 Å². The lowest BCUT2D eigenvalue weighted by Gasteiger charge is -2.36. The van der Waals surface area contributed by atoms with Crippen molar-refractivity contribution in [1.29, 1.82) is 0 Å². The van der Waals surface area contributed by atoms with Gasteiger partial charge in [-0.15, -0.1) is 0 Å². The van der Waals surface area contributed by atoms with E-state index in [1.807, 2.05) is 0 Å². The van der Waals surface area contributed by atoms with Gasteiger partial charge in [-0.1, -0.05) is 5.16 Å². The number of hydrogen-bond acceptors (Lipinski definition) is 7. The van der Waals surface area contributed by atoms with Crippen LogP contribution >= 0.6 is 0 Å². The van der Waals surface area contributed by atoms with Gasteiger partial charge in [0.25, 0.3) is 5.91 Å². The predicted octanol–water partition coefficient (Wildman–Crippen LogP) is 3.05. The normalized spacial score (nSPS) is 14.2. The highest BCUT2D eigenvalue weighted by molar-refractivity contribution is 5.93. The summed E-state index contributed by atoms with van der Waals surface area (Å²) in [5.74, 6) is 1.14. The van der Waals surface area contributed by atoms with E-state index in [1.165, 1.54) is 12.1 Å². The molecule has 1 fully saturated rings. The van der Waals surface area contributed by atoms with Crippen LogP contribution in [0.1, 0.15) is 10.5 Å². The van der Waals surface area contributed by atoms with Gasteiger partial charge < -0.3 is 24.2 Å². The van der Waals surface area contributed by atoms with E-state index in [-0.39, 0.29) is 17.4 Å². The van der Waals surface area contributed by atoms with Crippen LogP contribution in [0.25, 0.3) is 11.3 Å². The molecule has 2 heterocycles. The third-order valence-corrected chi connectivity index (χ3v) is 5.69. The molecule has 1 saturated heterocycles. The van der Waals surface area contributed by atoms with Gasteiger partial charge in [0.05, 0.1) is 19.8 Å². The summed E-state index contributed by atoms with van der Waals surface area (Å²) in [5.41, 5.74) is 1.89. The Labute approximate surface area is 191 Å². The summed E-state index contributed by atoms with van der Waals surface area (Å²) in [6, 6.07) is 13.5. The number of nitrogens with one attached hydrogen (secondary N) is 1. The van der Waals surface area contributed by atoms with E-state index < -0.39 is 0 Å². The maximum atomic E-state index is 13.1. The summed E-state index contributed by atoms with van der Waals surface area (Å²) in [7, 11) is 3.14. The number of piperazine rings is 1. The van der Waals surface area contributed by atoms with Crippen molar-refractivity contribution in [2.45, 2.75) is 0 Å². The Hall–Kier alpha value is -3.59. The highest BCUT2D eigenvalue weighted by Crippen LogP contribution is 2.33. The van der Waals surface area contributed by atoms with E-state index in [1.54, 1.807) is 50.6 Å². The number of anilines is 1. The summed E-state index contributed by atoms with van der Waals surface area (Å²) in [6.07, 6.45) is 0. The maximum Gasteiger partial charge on any atom is 0.273 e. The zero-order chi connectivity index (χ0) is 23.2. The van der Waals surface area contributed by atoms with Crippen LogP contribution in [0.15, 0.2) is 53.1 Å². The van der Waals surface area contributed by atoms with Crippen molar-refractivity contribution in [2.24, 2.45) is 0 Å². The number of halogens is 1. The zero-order valence-electron chi connectivity index (χ0n) is 18.7. The molecule has 3 aromatic rings. The van der Waals surface area contributed by atoms with Gasteiger partial charge in [-0.2, -0.15) is 0 Å². The van der Waals surface area contributed by atoms with E-state index in [2.05, 4.69) is 20.3 Å². The maximum absolute atomic E-state index is 13.1. The molecule has 174 valence electrons. The molecule has 0 bridgehead atoms. The Bertz CT molecular complexity index is 1080. The van der Waals surface area contributed by atoms with E-state index in [0.717, 1.165) is 38.4 Å². The van der Waals surface area contributed by atoms with Crippen molar-refractivity contribution >= 4 is 11.6 Å². The number of aromatic nitrogens is 1. The number of methoxy groups -OCH3 is 2. The molecule has 0 radical (unpaired) electrons. The molecule has 0 unspecified atom stereocenters. The molecule has 33 heavy (non-hydrogen) atoms. The zero-order valence-corrected chi connectivity index (χ0v) is 18.7. The molecule has 4 rings (SSSR count). The first kappa shape index (κ1) is 22.6. The number of hydrogen-bond donors (Lipinski definition) is 1. The van der Waals surface area contributed by atoms with Gasteiger partial charge >= 0.3 is 0 Å². The predicted molar refractivity (Wildman–Crippen MR) is 122 cm³/mol. The topological polar surface area (TPSA) is 80.1 Å². The molecule has 1 N–H and O–H groups in total. The minimum Gasteiger partial charge on any atom is -0.497 e. The van der Waals surface area contributed by atoms with Crippen LogP contribution in [0.3, 0.4) is 0 Å². The van der Waals surface area contributed by atoms with E-state index in [9.17, 15) is 9.18 Å². The first-order chi connectivity index (χ1) is 16.1. The number of amides is 1. The molecule has 2 aromatic carbocycles. The molecule has 1 aliphatic rings. The van der Waals surface area contributed by atoms with Crippen LogP contribution in [-0.2, 0) is 0 Å². The van der Waals surface area contributed by atoms with Crippen molar-refractivity contribution in [2.75, 3.05) is 58.4 Å². The van der Waals surface area contributed by atoms with Crippen LogP contribution in [-0.4, -0.2) is 69.5 Å². The van der Waals surface area contributed by atoms with Crippen LogP contribution in [0.2, 0.25) is 0 Å². The van der Waals surface area contributed by atoms with Crippen molar-refractivity contribution in [3.05, 3.63) is 60.0 Å². The van der Waals surface area contributed by atoms with Crippen LogP contribution in [0.4, 0.5) is 10.1 Å². The first-order valence-electron chi connectivity index (χ1n) is 10.8. The fraction of sp³-hybridized carbons (Fsp3) is 0.333. The molecular formula is C24H27FN4O4. The number of benzene rings is 2. The van der Waals surface area contributed by atoms with Gasteiger partial charge in [0.15, 0.2) is 11.5 Å². The molecule has 1 aliphatic heterocycles. The van der Waals surface area contributed by atoms with Crippen molar-refractivity contribution in [3.8, 4) is 22.8 Å². The van der Waals surface area contributed by atoms with E-state index in [0.29, 0.717) is 29.4 Å². The smallest absolute Gasteiger partial charge is 0.273 e. The Morgan fingerprint density at radius 1 is 1.06 bits per heavy atom. The van der Waals surface area contributed by atoms with Gasteiger partial charge in [0.1, 0.15) is 17.3 Å². The van der Waals surface area contributed by atoms with Crippen LogP contribution in [0.5, 0.6) is 11.5 Å². The summed E-state index contributed by atoms with van der Waals surface area (Å²) >= 11 is 0. The lowest BCUT2D eigenvalue weighted by atomic mass is 10.1. The molecule has 8 nitrogen and oxygen atoms in total. The number of ether oxygens (including phenoxy) is 2. The summed E-state index contributed by atoms with van der Waals surface area (Å²) in [4.78, 5) is 17.0. The SMILES string of the molecule is COc1ccc(OC)c(-c2cc(C(=O)NCCN3CCN(c4ccc(F)cc4)CC3)no2)c1. The van der Waals surface area contributed by atoms with Crippen molar-refractivity contribution in [3.63, 3.8) is 0 Å². The number of nitrogens with zero attached hydrogens (tertiary/aromatic N) is 3. The van der Waals surface area contributed by atoms with Gasteiger partial charge in [-0.05, 0) is 42.5 Å². The van der Waals surface area contributed by atoms with Crippen LogP contribution < -0.4 is 19.7 Å². The van der Waals surface area contributed by atoms with Crippen molar-refractivity contribution < 1.29 is 23.2 Å². The average Bonchev–Trinajstić information content (AvgIpc) is 3.35.